The number of amides is 1. The predicted octanol–water partition coefficient (Wildman–Crippen LogP) is 3.46. The van der Waals surface area contributed by atoms with E-state index in [1.165, 1.54) is 12.0 Å². The molecule has 4 aliphatic rings. The topological polar surface area (TPSA) is 68.7 Å². The Morgan fingerprint density at radius 1 is 1.00 bits per heavy atom. The summed E-state index contributed by atoms with van der Waals surface area (Å²) < 4.78 is 0. The van der Waals surface area contributed by atoms with Crippen molar-refractivity contribution < 1.29 is 9.90 Å². The zero-order valence-corrected chi connectivity index (χ0v) is 19.9. The van der Waals surface area contributed by atoms with Crippen LogP contribution in [0, 0.1) is 17.8 Å². The Morgan fingerprint density at radius 2 is 1.82 bits per heavy atom. The fourth-order valence-electron chi connectivity index (χ4n) is 7.16. The molecule has 34 heavy (non-hydrogen) atoms. The van der Waals surface area contributed by atoms with Crippen LogP contribution >= 0.6 is 0 Å². The SMILES string of the molecule is O=C(N[C@H]1CC2CCC3CC1C[C@]2(O)C3)c1cccc(N2CCN(Cc3ccccc3)CC2)n1. The van der Waals surface area contributed by atoms with E-state index >= 15 is 0 Å². The van der Waals surface area contributed by atoms with Crippen molar-refractivity contribution in [3.05, 3.63) is 59.8 Å². The fraction of sp³-hybridized carbons (Fsp3) is 0.571. The highest BCUT2D eigenvalue weighted by Gasteiger charge is 2.53. The molecule has 1 aromatic heterocycles. The summed E-state index contributed by atoms with van der Waals surface area (Å²) >= 11 is 0. The highest BCUT2D eigenvalue weighted by Crippen LogP contribution is 2.54. The molecule has 0 spiro atoms. The van der Waals surface area contributed by atoms with E-state index < -0.39 is 5.60 Å². The van der Waals surface area contributed by atoms with Crippen molar-refractivity contribution >= 4 is 11.7 Å². The predicted molar refractivity (Wildman–Crippen MR) is 133 cm³/mol. The van der Waals surface area contributed by atoms with Crippen molar-refractivity contribution in [2.24, 2.45) is 17.8 Å². The van der Waals surface area contributed by atoms with Gasteiger partial charge >= 0.3 is 0 Å². The molecular weight excluding hydrogens is 424 g/mol. The molecule has 4 fully saturated rings. The average Bonchev–Trinajstić information content (AvgIpc) is 2.85. The number of anilines is 1. The average molecular weight is 461 g/mol. The molecule has 6 rings (SSSR count). The fourth-order valence-corrected chi connectivity index (χ4v) is 7.16. The maximum atomic E-state index is 13.2. The number of carbonyl (C=O) groups excluding carboxylic acids is 1. The molecule has 2 N–H and O–H groups in total. The Hall–Kier alpha value is -2.44. The Bertz CT molecular complexity index is 1020. The first kappa shape index (κ1) is 22.1. The van der Waals surface area contributed by atoms with Crippen LogP contribution in [0.5, 0.6) is 0 Å². The lowest BCUT2D eigenvalue weighted by Gasteiger charge is -2.56. The second kappa shape index (κ2) is 8.97. The van der Waals surface area contributed by atoms with E-state index in [1.807, 2.05) is 18.2 Å². The minimum atomic E-state index is -0.478. The summed E-state index contributed by atoms with van der Waals surface area (Å²) in [6, 6.07) is 16.6. The number of benzene rings is 1. The smallest absolute Gasteiger partial charge is 0.270 e. The molecular formula is C28H36N4O2. The van der Waals surface area contributed by atoms with Crippen LogP contribution in [0.2, 0.25) is 0 Å². The standard InChI is InChI=1S/C28H36N4O2/c33-27(30-25-16-23-10-9-21-15-22(25)18-28(23,34)17-21)24-7-4-8-26(29-24)32-13-11-31(12-14-32)19-20-5-2-1-3-6-20/h1-8,21-23,25,34H,9-19H2,(H,30,33)/t21?,22?,23?,25-,28+/m0/s1. The second-order valence-corrected chi connectivity index (χ2v) is 11.1. The van der Waals surface area contributed by atoms with Gasteiger partial charge in [-0.3, -0.25) is 9.69 Å². The number of nitrogens with one attached hydrogen (secondary N) is 1. The van der Waals surface area contributed by atoms with Gasteiger partial charge in [-0.1, -0.05) is 36.4 Å². The Labute approximate surface area is 202 Å². The summed E-state index contributed by atoms with van der Waals surface area (Å²) in [4.78, 5) is 22.7. The molecule has 1 aliphatic heterocycles. The first-order chi connectivity index (χ1) is 16.6. The number of carbonyl (C=O) groups is 1. The number of pyridine rings is 1. The number of piperazine rings is 1. The first-order valence-electron chi connectivity index (χ1n) is 13.1. The van der Waals surface area contributed by atoms with Crippen molar-refractivity contribution in [2.45, 2.75) is 56.7 Å². The normalized spacial score (nSPS) is 33.0. The number of aromatic nitrogens is 1. The van der Waals surface area contributed by atoms with Crippen LogP contribution in [0.15, 0.2) is 48.5 Å². The number of rotatable bonds is 5. The van der Waals surface area contributed by atoms with Gasteiger partial charge in [0.1, 0.15) is 11.5 Å². The third kappa shape index (κ3) is 4.34. The maximum Gasteiger partial charge on any atom is 0.270 e. The molecule has 1 aromatic carbocycles. The minimum absolute atomic E-state index is 0.0681. The molecule has 1 amide bonds. The largest absolute Gasteiger partial charge is 0.390 e. The van der Waals surface area contributed by atoms with Crippen LogP contribution in [-0.2, 0) is 6.54 Å². The van der Waals surface area contributed by atoms with Gasteiger partial charge in [0, 0.05) is 38.8 Å². The van der Waals surface area contributed by atoms with E-state index in [0.717, 1.165) is 70.6 Å². The van der Waals surface area contributed by atoms with Gasteiger partial charge in [-0.05, 0) is 74.0 Å². The van der Waals surface area contributed by atoms with E-state index in [4.69, 9.17) is 4.98 Å². The molecule has 2 aromatic rings. The van der Waals surface area contributed by atoms with Crippen molar-refractivity contribution in [1.82, 2.24) is 15.2 Å². The highest BCUT2D eigenvalue weighted by atomic mass is 16.3. The minimum Gasteiger partial charge on any atom is -0.390 e. The van der Waals surface area contributed by atoms with Gasteiger partial charge in [-0.2, -0.15) is 0 Å². The van der Waals surface area contributed by atoms with Crippen LogP contribution in [0.4, 0.5) is 5.82 Å². The summed E-state index contributed by atoms with van der Waals surface area (Å²) in [5, 5.41) is 14.4. The van der Waals surface area contributed by atoms with Gasteiger partial charge < -0.3 is 15.3 Å². The van der Waals surface area contributed by atoms with Gasteiger partial charge in [-0.25, -0.2) is 4.98 Å². The molecule has 3 saturated carbocycles. The zero-order valence-electron chi connectivity index (χ0n) is 19.9. The lowest BCUT2D eigenvalue weighted by molar-refractivity contribution is -0.144. The van der Waals surface area contributed by atoms with E-state index in [2.05, 4.69) is 45.4 Å². The van der Waals surface area contributed by atoms with E-state index in [9.17, 15) is 9.90 Å². The van der Waals surface area contributed by atoms with Crippen LogP contribution in [0.1, 0.15) is 54.6 Å². The van der Waals surface area contributed by atoms with Crippen LogP contribution in [0.25, 0.3) is 0 Å². The van der Waals surface area contributed by atoms with E-state index in [0.29, 0.717) is 23.4 Å². The molecule has 1 saturated heterocycles. The van der Waals surface area contributed by atoms with Gasteiger partial charge in [0.05, 0.1) is 5.60 Å². The van der Waals surface area contributed by atoms with Crippen molar-refractivity contribution in [2.75, 3.05) is 31.1 Å². The summed E-state index contributed by atoms with van der Waals surface area (Å²) in [6.07, 6.45) is 6.21. The van der Waals surface area contributed by atoms with Crippen LogP contribution in [0.3, 0.4) is 0 Å². The summed E-state index contributed by atoms with van der Waals surface area (Å²) in [7, 11) is 0. The number of fused-ring (bicyclic) bond motifs is 2. The van der Waals surface area contributed by atoms with Gasteiger partial charge in [0.15, 0.2) is 0 Å². The van der Waals surface area contributed by atoms with E-state index in [1.54, 1.807) is 0 Å². The van der Waals surface area contributed by atoms with Gasteiger partial charge in [0.2, 0.25) is 0 Å². The van der Waals surface area contributed by atoms with Crippen LogP contribution in [-0.4, -0.2) is 58.7 Å². The molecule has 3 aliphatic carbocycles. The Kier molecular flexibility index (Phi) is 5.82. The maximum absolute atomic E-state index is 13.2. The summed E-state index contributed by atoms with van der Waals surface area (Å²) in [6.45, 7) is 4.78. The van der Waals surface area contributed by atoms with Crippen molar-refractivity contribution in [3.63, 3.8) is 0 Å². The number of hydrogen-bond acceptors (Lipinski definition) is 5. The lowest BCUT2D eigenvalue weighted by Crippen LogP contribution is -2.59. The Balaban J connectivity index is 1.07. The zero-order chi connectivity index (χ0) is 23.1. The molecule has 180 valence electrons. The van der Waals surface area contributed by atoms with Gasteiger partial charge in [0.25, 0.3) is 5.91 Å². The van der Waals surface area contributed by atoms with E-state index in [-0.39, 0.29) is 11.9 Å². The van der Waals surface area contributed by atoms with Gasteiger partial charge in [-0.15, -0.1) is 0 Å². The number of hydrogen-bond donors (Lipinski definition) is 2. The molecule has 3 unspecified atom stereocenters. The van der Waals surface area contributed by atoms with Crippen LogP contribution < -0.4 is 10.2 Å². The molecule has 5 atom stereocenters. The lowest BCUT2D eigenvalue weighted by atomic mass is 9.53. The number of nitrogens with zero attached hydrogens (tertiary/aromatic N) is 3. The van der Waals surface area contributed by atoms with Crippen molar-refractivity contribution in [3.8, 4) is 0 Å². The van der Waals surface area contributed by atoms with Crippen molar-refractivity contribution in [1.29, 1.82) is 0 Å². The monoisotopic (exact) mass is 460 g/mol. The summed E-state index contributed by atoms with van der Waals surface area (Å²) in [5.74, 6) is 2.17. The molecule has 6 heteroatoms. The number of aliphatic hydroxyl groups is 1. The third-order valence-corrected chi connectivity index (χ3v) is 8.91. The molecule has 3 bridgehead atoms. The molecule has 0 radical (unpaired) electrons. The second-order valence-electron chi connectivity index (χ2n) is 11.1. The summed E-state index contributed by atoms with van der Waals surface area (Å²) in [5.41, 5.74) is 1.37. The first-order valence-corrected chi connectivity index (χ1v) is 13.1. The Morgan fingerprint density at radius 3 is 2.65 bits per heavy atom. The quantitative estimate of drug-likeness (QED) is 0.715. The highest BCUT2D eigenvalue weighted by molar-refractivity contribution is 5.92. The molecule has 2 heterocycles. The molecule has 6 nitrogen and oxygen atoms in total. The third-order valence-electron chi connectivity index (χ3n) is 8.91.